The predicted octanol–water partition coefficient (Wildman–Crippen LogP) is 2.26. The second-order valence-corrected chi connectivity index (χ2v) is 4.87. The van der Waals surface area contributed by atoms with Crippen LogP contribution in [0, 0.1) is 0 Å². The molecule has 0 aliphatic rings. The van der Waals surface area contributed by atoms with Gasteiger partial charge in [0.2, 0.25) is 0 Å². The number of rotatable bonds is 6. The van der Waals surface area contributed by atoms with Crippen molar-refractivity contribution in [3.05, 3.63) is 24.0 Å². The lowest BCUT2D eigenvalue weighted by Crippen LogP contribution is -2.12. The normalized spacial score (nSPS) is 11.9. The van der Waals surface area contributed by atoms with E-state index < -0.39 is 10.3 Å². The Bertz CT molecular complexity index is 395. The van der Waals surface area contributed by atoms with E-state index in [4.69, 9.17) is 4.55 Å². The molecule has 0 aliphatic carbocycles. The van der Waals surface area contributed by atoms with Crippen LogP contribution in [0.4, 0.5) is 0 Å². The molecular formula is C10H17NO3S. The Morgan fingerprint density at radius 2 is 2.07 bits per heavy atom. The van der Waals surface area contributed by atoms with Gasteiger partial charge in [-0.15, -0.1) is 0 Å². The zero-order chi connectivity index (χ0) is 11.3. The molecule has 5 heteroatoms. The minimum Gasteiger partial charge on any atom is -0.269 e. The van der Waals surface area contributed by atoms with E-state index in [0.29, 0.717) is 12.1 Å². The van der Waals surface area contributed by atoms with E-state index in [1.54, 1.807) is 12.1 Å². The highest BCUT2D eigenvalue weighted by Gasteiger charge is 2.11. The monoisotopic (exact) mass is 231 g/mol. The van der Waals surface area contributed by atoms with Crippen LogP contribution in [0.2, 0.25) is 0 Å². The van der Waals surface area contributed by atoms with Gasteiger partial charge in [-0.05, 0) is 25.0 Å². The van der Waals surface area contributed by atoms with Gasteiger partial charge in [-0.25, -0.2) is 3.97 Å². The summed E-state index contributed by atoms with van der Waals surface area (Å²) < 4.78 is 31.7. The summed E-state index contributed by atoms with van der Waals surface area (Å²) in [6, 6.07) is 3.35. The van der Waals surface area contributed by atoms with Gasteiger partial charge in [0.15, 0.2) is 0 Å². The largest absolute Gasteiger partial charge is 0.363 e. The minimum atomic E-state index is -4.12. The van der Waals surface area contributed by atoms with Crippen LogP contribution in [0.1, 0.15) is 38.3 Å². The molecular weight excluding hydrogens is 214 g/mol. The van der Waals surface area contributed by atoms with Gasteiger partial charge >= 0.3 is 10.3 Å². The standard InChI is InChI=1S/C10H17NO3S/c1-2-3-4-5-7-10-8-6-9-11(10)15(12,13)14/h6,8-9H,2-5,7H2,1H3,(H,12,13,14). The van der Waals surface area contributed by atoms with Crippen molar-refractivity contribution in [2.45, 2.75) is 39.0 Å². The van der Waals surface area contributed by atoms with E-state index in [2.05, 4.69) is 6.92 Å². The third kappa shape index (κ3) is 3.68. The van der Waals surface area contributed by atoms with Crippen molar-refractivity contribution in [3.8, 4) is 0 Å². The molecule has 0 fully saturated rings. The third-order valence-corrected chi connectivity index (χ3v) is 3.18. The first-order valence-electron chi connectivity index (χ1n) is 5.20. The summed E-state index contributed by atoms with van der Waals surface area (Å²) in [4.78, 5) is 0. The molecule has 1 rings (SSSR count). The van der Waals surface area contributed by atoms with Crippen molar-refractivity contribution in [2.75, 3.05) is 0 Å². The van der Waals surface area contributed by atoms with Crippen molar-refractivity contribution in [1.29, 1.82) is 0 Å². The Morgan fingerprint density at radius 3 is 2.67 bits per heavy atom. The highest BCUT2D eigenvalue weighted by Crippen LogP contribution is 2.10. The van der Waals surface area contributed by atoms with Crippen LogP contribution in [0.25, 0.3) is 0 Å². The van der Waals surface area contributed by atoms with Gasteiger partial charge in [0, 0.05) is 11.9 Å². The van der Waals surface area contributed by atoms with Crippen LogP contribution in [-0.4, -0.2) is 16.9 Å². The fourth-order valence-corrected chi connectivity index (χ4v) is 2.23. The Hall–Kier alpha value is -0.810. The summed E-state index contributed by atoms with van der Waals surface area (Å²) in [5.41, 5.74) is 0.647. The summed E-state index contributed by atoms with van der Waals surface area (Å²) in [5, 5.41) is 0. The van der Waals surface area contributed by atoms with Crippen LogP contribution in [0.5, 0.6) is 0 Å². The number of hydrogen-bond acceptors (Lipinski definition) is 2. The van der Waals surface area contributed by atoms with Crippen LogP contribution in [0.15, 0.2) is 18.3 Å². The van der Waals surface area contributed by atoms with E-state index in [9.17, 15) is 8.42 Å². The van der Waals surface area contributed by atoms with Gasteiger partial charge in [-0.3, -0.25) is 4.55 Å². The van der Waals surface area contributed by atoms with E-state index in [1.165, 1.54) is 6.20 Å². The van der Waals surface area contributed by atoms with Gasteiger partial charge in [0.1, 0.15) is 0 Å². The maximum atomic E-state index is 10.9. The quantitative estimate of drug-likeness (QED) is 0.603. The first kappa shape index (κ1) is 12.3. The molecule has 1 aromatic heterocycles. The van der Waals surface area contributed by atoms with Gasteiger partial charge in [0.25, 0.3) is 0 Å². The number of aromatic nitrogens is 1. The van der Waals surface area contributed by atoms with Crippen LogP contribution >= 0.6 is 0 Å². The lowest BCUT2D eigenvalue weighted by atomic mass is 10.1. The third-order valence-electron chi connectivity index (χ3n) is 2.33. The zero-order valence-electron chi connectivity index (χ0n) is 8.89. The second-order valence-electron chi connectivity index (χ2n) is 3.58. The molecule has 0 saturated heterocycles. The smallest absolute Gasteiger partial charge is 0.269 e. The summed E-state index contributed by atoms with van der Waals surface area (Å²) >= 11 is 0. The molecule has 1 N–H and O–H groups in total. The number of hydrogen-bond donors (Lipinski definition) is 1. The molecule has 0 atom stereocenters. The molecule has 0 saturated carbocycles. The Kier molecular flexibility index (Phi) is 4.35. The van der Waals surface area contributed by atoms with Gasteiger partial charge in [-0.2, -0.15) is 8.42 Å². The molecule has 0 radical (unpaired) electrons. The predicted molar refractivity (Wildman–Crippen MR) is 59.2 cm³/mol. The number of aryl methyl sites for hydroxylation is 1. The first-order chi connectivity index (χ1) is 7.05. The minimum absolute atomic E-state index is 0.647. The molecule has 4 nitrogen and oxygen atoms in total. The molecule has 1 aromatic rings. The molecule has 15 heavy (non-hydrogen) atoms. The average molecular weight is 231 g/mol. The maximum absolute atomic E-state index is 10.9. The van der Waals surface area contributed by atoms with E-state index in [1.807, 2.05) is 0 Å². The maximum Gasteiger partial charge on any atom is 0.363 e. The molecule has 1 heterocycles. The molecule has 0 unspecified atom stereocenters. The second kappa shape index (κ2) is 5.32. The van der Waals surface area contributed by atoms with E-state index in [0.717, 1.165) is 29.7 Å². The lowest BCUT2D eigenvalue weighted by molar-refractivity contribution is 0.470. The van der Waals surface area contributed by atoms with Crippen LogP contribution in [-0.2, 0) is 16.7 Å². The van der Waals surface area contributed by atoms with Crippen molar-refractivity contribution in [1.82, 2.24) is 3.97 Å². The summed E-state index contributed by atoms with van der Waals surface area (Å²) in [5.74, 6) is 0. The Labute approximate surface area is 90.8 Å². The fourth-order valence-electron chi connectivity index (χ4n) is 1.55. The highest BCUT2D eigenvalue weighted by molar-refractivity contribution is 7.84. The van der Waals surface area contributed by atoms with E-state index >= 15 is 0 Å². The number of nitrogens with zero attached hydrogens (tertiary/aromatic N) is 1. The first-order valence-corrected chi connectivity index (χ1v) is 6.59. The van der Waals surface area contributed by atoms with Gasteiger partial charge in [0.05, 0.1) is 0 Å². The summed E-state index contributed by atoms with van der Waals surface area (Å²) in [6.07, 6.45) is 6.41. The average Bonchev–Trinajstić information content (AvgIpc) is 2.59. The fraction of sp³-hybridized carbons (Fsp3) is 0.600. The van der Waals surface area contributed by atoms with Crippen LogP contribution < -0.4 is 0 Å². The Balaban J connectivity index is 2.59. The molecule has 0 spiro atoms. The van der Waals surface area contributed by atoms with Crippen molar-refractivity contribution < 1.29 is 13.0 Å². The van der Waals surface area contributed by atoms with Gasteiger partial charge < -0.3 is 0 Å². The van der Waals surface area contributed by atoms with E-state index in [-0.39, 0.29) is 0 Å². The van der Waals surface area contributed by atoms with Crippen molar-refractivity contribution in [3.63, 3.8) is 0 Å². The van der Waals surface area contributed by atoms with Gasteiger partial charge in [-0.1, -0.05) is 26.2 Å². The molecule has 0 aromatic carbocycles. The molecule has 0 amide bonds. The zero-order valence-corrected chi connectivity index (χ0v) is 9.70. The molecule has 0 bridgehead atoms. The topological polar surface area (TPSA) is 59.3 Å². The SMILES string of the molecule is CCCCCCc1cccn1S(=O)(=O)O. The van der Waals surface area contributed by atoms with Crippen LogP contribution in [0.3, 0.4) is 0 Å². The molecule has 0 aliphatic heterocycles. The summed E-state index contributed by atoms with van der Waals surface area (Å²) in [7, 11) is -4.12. The number of unbranched alkanes of at least 4 members (excludes halogenated alkanes) is 3. The highest BCUT2D eigenvalue weighted by atomic mass is 32.2. The van der Waals surface area contributed by atoms with Crippen molar-refractivity contribution >= 4 is 10.3 Å². The molecule has 86 valence electrons. The van der Waals surface area contributed by atoms with Crippen molar-refractivity contribution in [2.24, 2.45) is 0 Å². The summed E-state index contributed by atoms with van der Waals surface area (Å²) in [6.45, 7) is 2.13. The lowest BCUT2D eigenvalue weighted by Gasteiger charge is -2.04. The Morgan fingerprint density at radius 1 is 1.33 bits per heavy atom.